The molecule has 0 spiro atoms. The molecule has 1 heterocycles. The summed E-state index contributed by atoms with van der Waals surface area (Å²) in [5, 5.41) is 11.3. The molecule has 1 fully saturated rings. The third-order valence-corrected chi connectivity index (χ3v) is 6.96. The molecule has 1 aliphatic carbocycles. The van der Waals surface area contributed by atoms with Crippen molar-refractivity contribution in [2.75, 3.05) is 7.05 Å². The SMILES string of the molecule is C[C@@H](Sc1nnc(-c2ccc(F)cc2)c2ccccc12)C(=O)N(C)C1CCCCC1. The first-order valence-corrected chi connectivity index (χ1v) is 11.4. The molecule has 156 valence electrons. The molecule has 30 heavy (non-hydrogen) atoms. The molecule has 1 amide bonds. The van der Waals surface area contributed by atoms with Crippen LogP contribution in [-0.2, 0) is 4.79 Å². The number of benzene rings is 2. The Bertz CT molecular complexity index is 1030. The van der Waals surface area contributed by atoms with Crippen LogP contribution in [0, 0.1) is 5.82 Å². The Labute approximate surface area is 180 Å². The number of halogens is 1. The van der Waals surface area contributed by atoms with Crippen molar-refractivity contribution in [1.82, 2.24) is 15.1 Å². The van der Waals surface area contributed by atoms with Crippen molar-refractivity contribution in [2.24, 2.45) is 0 Å². The van der Waals surface area contributed by atoms with Crippen molar-refractivity contribution < 1.29 is 9.18 Å². The van der Waals surface area contributed by atoms with E-state index in [9.17, 15) is 9.18 Å². The van der Waals surface area contributed by atoms with E-state index in [0.717, 1.165) is 34.2 Å². The number of aromatic nitrogens is 2. The van der Waals surface area contributed by atoms with Gasteiger partial charge in [0.15, 0.2) is 0 Å². The lowest BCUT2D eigenvalue weighted by Crippen LogP contribution is -2.42. The Balaban J connectivity index is 1.59. The average Bonchev–Trinajstić information content (AvgIpc) is 2.79. The van der Waals surface area contributed by atoms with E-state index in [0.29, 0.717) is 11.7 Å². The van der Waals surface area contributed by atoms with E-state index in [1.807, 2.05) is 43.1 Å². The van der Waals surface area contributed by atoms with Crippen LogP contribution in [0.4, 0.5) is 4.39 Å². The fraction of sp³-hybridized carbons (Fsp3) is 0.375. The molecule has 0 N–H and O–H groups in total. The van der Waals surface area contributed by atoms with Gasteiger partial charge in [-0.1, -0.05) is 55.3 Å². The highest BCUT2D eigenvalue weighted by atomic mass is 32.2. The molecule has 6 heteroatoms. The number of rotatable bonds is 5. The fourth-order valence-corrected chi connectivity index (χ4v) is 5.14. The lowest BCUT2D eigenvalue weighted by Gasteiger charge is -2.32. The summed E-state index contributed by atoms with van der Waals surface area (Å²) in [4.78, 5) is 15.0. The maximum atomic E-state index is 13.3. The summed E-state index contributed by atoms with van der Waals surface area (Å²) in [6.07, 6.45) is 5.85. The number of thioether (sulfide) groups is 1. The van der Waals surface area contributed by atoms with Crippen LogP contribution in [0.3, 0.4) is 0 Å². The standard InChI is InChI=1S/C24H26FN3OS/c1-16(24(29)28(2)19-8-4-3-5-9-19)30-23-21-11-7-6-10-20(21)22(26-27-23)17-12-14-18(25)15-13-17/h6-7,10-16,19H,3-5,8-9H2,1-2H3/t16-/m1/s1. The van der Waals surface area contributed by atoms with Crippen molar-refractivity contribution in [2.45, 2.75) is 55.3 Å². The molecule has 0 radical (unpaired) electrons. The van der Waals surface area contributed by atoms with Crippen molar-refractivity contribution in [3.63, 3.8) is 0 Å². The molecule has 3 aromatic rings. The van der Waals surface area contributed by atoms with Gasteiger partial charge in [-0.3, -0.25) is 4.79 Å². The van der Waals surface area contributed by atoms with Crippen LogP contribution in [-0.4, -0.2) is 39.3 Å². The topological polar surface area (TPSA) is 46.1 Å². The lowest BCUT2D eigenvalue weighted by atomic mass is 9.94. The number of hydrogen-bond donors (Lipinski definition) is 0. The molecule has 0 bridgehead atoms. The predicted molar refractivity (Wildman–Crippen MR) is 120 cm³/mol. The van der Waals surface area contributed by atoms with Crippen molar-refractivity contribution in [3.8, 4) is 11.3 Å². The molecule has 1 saturated carbocycles. The minimum absolute atomic E-state index is 0.139. The molecule has 1 aliphatic rings. The molecule has 0 aliphatic heterocycles. The molecule has 4 rings (SSSR count). The Morgan fingerprint density at radius 2 is 1.70 bits per heavy atom. The second-order valence-electron chi connectivity index (χ2n) is 7.91. The second kappa shape index (κ2) is 9.13. The second-order valence-corrected chi connectivity index (χ2v) is 9.24. The van der Waals surface area contributed by atoms with Crippen LogP contribution in [0.2, 0.25) is 0 Å². The normalized spacial score (nSPS) is 15.8. The fourth-order valence-electron chi connectivity index (χ4n) is 4.14. The summed E-state index contributed by atoms with van der Waals surface area (Å²) in [5.41, 5.74) is 1.53. The number of nitrogens with zero attached hydrogens (tertiary/aromatic N) is 3. The maximum Gasteiger partial charge on any atom is 0.235 e. The highest BCUT2D eigenvalue weighted by Crippen LogP contribution is 2.34. The van der Waals surface area contributed by atoms with E-state index in [2.05, 4.69) is 10.2 Å². The number of hydrogen-bond acceptors (Lipinski definition) is 4. The molecular formula is C24H26FN3OS. The summed E-state index contributed by atoms with van der Waals surface area (Å²) >= 11 is 1.46. The van der Waals surface area contributed by atoms with Crippen LogP contribution < -0.4 is 0 Å². The highest BCUT2D eigenvalue weighted by Gasteiger charge is 2.27. The molecule has 4 nitrogen and oxygen atoms in total. The molecular weight excluding hydrogens is 397 g/mol. The van der Waals surface area contributed by atoms with Gasteiger partial charge in [-0.15, -0.1) is 10.2 Å². The van der Waals surface area contributed by atoms with Gasteiger partial charge in [-0.25, -0.2) is 4.39 Å². The predicted octanol–water partition coefficient (Wildman–Crippen LogP) is 5.71. The summed E-state index contributed by atoms with van der Waals surface area (Å²) in [7, 11) is 1.93. The van der Waals surface area contributed by atoms with Crippen molar-refractivity contribution in [3.05, 3.63) is 54.3 Å². The van der Waals surface area contributed by atoms with Gasteiger partial charge in [0.25, 0.3) is 0 Å². The summed E-state index contributed by atoms with van der Waals surface area (Å²) in [6.45, 7) is 1.94. The zero-order valence-electron chi connectivity index (χ0n) is 17.3. The Morgan fingerprint density at radius 1 is 1.03 bits per heavy atom. The van der Waals surface area contributed by atoms with Gasteiger partial charge in [0.1, 0.15) is 16.5 Å². The van der Waals surface area contributed by atoms with Gasteiger partial charge >= 0.3 is 0 Å². The quantitative estimate of drug-likeness (QED) is 0.493. The van der Waals surface area contributed by atoms with E-state index >= 15 is 0 Å². The van der Waals surface area contributed by atoms with Crippen molar-refractivity contribution >= 4 is 28.4 Å². The molecule has 0 unspecified atom stereocenters. The van der Waals surface area contributed by atoms with Gasteiger partial charge in [-0.05, 0) is 44.0 Å². The summed E-state index contributed by atoms with van der Waals surface area (Å²) in [6, 6.07) is 14.5. The molecule has 0 saturated heterocycles. The zero-order chi connectivity index (χ0) is 21.1. The number of amides is 1. The number of carbonyl (C=O) groups excluding carboxylic acids is 1. The number of carbonyl (C=O) groups is 1. The first kappa shape index (κ1) is 20.8. The van der Waals surface area contributed by atoms with Crippen LogP contribution >= 0.6 is 11.8 Å². The minimum atomic E-state index is -0.280. The number of fused-ring (bicyclic) bond motifs is 1. The van der Waals surface area contributed by atoms with Gasteiger partial charge in [-0.2, -0.15) is 0 Å². The van der Waals surface area contributed by atoms with Crippen molar-refractivity contribution in [1.29, 1.82) is 0 Å². The third-order valence-electron chi connectivity index (χ3n) is 5.88. The minimum Gasteiger partial charge on any atom is -0.342 e. The summed E-state index contributed by atoms with van der Waals surface area (Å²) < 4.78 is 13.3. The van der Waals surface area contributed by atoms with Gasteiger partial charge in [0, 0.05) is 29.4 Å². The third kappa shape index (κ3) is 4.33. The first-order chi connectivity index (χ1) is 14.5. The largest absolute Gasteiger partial charge is 0.342 e. The lowest BCUT2D eigenvalue weighted by molar-refractivity contribution is -0.131. The Morgan fingerprint density at radius 3 is 2.40 bits per heavy atom. The van der Waals surface area contributed by atoms with E-state index in [1.165, 1.54) is 43.2 Å². The Kier molecular flexibility index (Phi) is 6.32. The maximum absolute atomic E-state index is 13.3. The van der Waals surface area contributed by atoms with Crippen LogP contribution in [0.5, 0.6) is 0 Å². The Hall–Kier alpha value is -2.47. The molecule has 1 atom stereocenters. The van der Waals surface area contributed by atoms with Crippen LogP contribution in [0.25, 0.3) is 22.0 Å². The van der Waals surface area contributed by atoms with Gasteiger partial charge in [0.2, 0.25) is 5.91 Å². The van der Waals surface area contributed by atoms with Crippen LogP contribution in [0.1, 0.15) is 39.0 Å². The van der Waals surface area contributed by atoms with Gasteiger partial charge in [0.05, 0.1) is 5.25 Å². The van der Waals surface area contributed by atoms with Gasteiger partial charge < -0.3 is 4.90 Å². The average molecular weight is 424 g/mol. The highest BCUT2D eigenvalue weighted by molar-refractivity contribution is 8.00. The monoisotopic (exact) mass is 423 g/mol. The smallest absolute Gasteiger partial charge is 0.235 e. The summed E-state index contributed by atoms with van der Waals surface area (Å²) in [5.74, 6) is -0.141. The molecule has 2 aromatic carbocycles. The first-order valence-electron chi connectivity index (χ1n) is 10.5. The van der Waals surface area contributed by atoms with Crippen LogP contribution in [0.15, 0.2) is 53.6 Å². The van der Waals surface area contributed by atoms with E-state index < -0.39 is 0 Å². The zero-order valence-corrected chi connectivity index (χ0v) is 18.2. The van der Waals surface area contributed by atoms with E-state index in [1.54, 1.807) is 12.1 Å². The molecule has 1 aromatic heterocycles. The van der Waals surface area contributed by atoms with E-state index in [-0.39, 0.29) is 17.0 Å². The van der Waals surface area contributed by atoms with E-state index in [4.69, 9.17) is 0 Å².